The fraction of sp³-hybridized carbons (Fsp3) is 0.375. The van der Waals surface area contributed by atoms with Crippen LogP contribution in [-0.2, 0) is 0 Å². The Hall–Kier alpha value is -0.970. The summed E-state index contributed by atoms with van der Waals surface area (Å²) >= 11 is 7.82. The van der Waals surface area contributed by atoms with Gasteiger partial charge in [0.15, 0.2) is 0 Å². The summed E-state index contributed by atoms with van der Waals surface area (Å²) in [6.07, 6.45) is 0.917. The van der Waals surface area contributed by atoms with Crippen molar-refractivity contribution in [1.82, 2.24) is 5.32 Å². The Morgan fingerprint density at radius 3 is 2.48 bits per heavy atom. The van der Waals surface area contributed by atoms with Gasteiger partial charge in [0, 0.05) is 16.5 Å². The highest BCUT2D eigenvalue weighted by Crippen LogP contribution is 2.37. The smallest absolute Gasteiger partial charge is 0.131 e. The van der Waals surface area contributed by atoms with Crippen LogP contribution in [0.4, 0.5) is 8.78 Å². The fourth-order valence-electron chi connectivity index (χ4n) is 2.18. The summed E-state index contributed by atoms with van der Waals surface area (Å²) in [4.78, 5) is 0.868. The Balaban J connectivity index is 2.50. The van der Waals surface area contributed by atoms with Gasteiger partial charge in [-0.15, -0.1) is 11.3 Å². The van der Waals surface area contributed by atoms with Gasteiger partial charge in [0.1, 0.15) is 11.6 Å². The number of thiophene rings is 1. The van der Waals surface area contributed by atoms with Crippen molar-refractivity contribution in [3.05, 3.63) is 55.7 Å². The molecule has 1 unspecified atom stereocenters. The van der Waals surface area contributed by atoms with Crippen molar-refractivity contribution < 1.29 is 8.78 Å². The highest BCUT2D eigenvalue weighted by Gasteiger charge is 2.23. The third-order valence-corrected chi connectivity index (χ3v) is 5.15. The molecule has 0 radical (unpaired) electrons. The lowest BCUT2D eigenvalue weighted by molar-refractivity contribution is 0.533. The minimum atomic E-state index is -0.547. The molecule has 2 rings (SSSR count). The van der Waals surface area contributed by atoms with Crippen molar-refractivity contribution in [3.63, 3.8) is 0 Å². The third-order valence-electron chi connectivity index (χ3n) is 3.37. The second-order valence-corrected chi connectivity index (χ2v) is 6.40. The summed E-state index contributed by atoms with van der Waals surface area (Å²) in [5.41, 5.74) is 1.84. The standard InChI is InChI=1S/C16H18ClF2NS/c1-4-5-20-15(16-14(17)10(3)8-21-16)11-6-9(2)12(18)7-13(11)19/h6-8,15,20H,4-5H2,1-3H3. The van der Waals surface area contributed by atoms with E-state index in [1.807, 2.05) is 19.2 Å². The van der Waals surface area contributed by atoms with Gasteiger partial charge in [-0.1, -0.05) is 18.5 Å². The Labute approximate surface area is 133 Å². The van der Waals surface area contributed by atoms with Crippen molar-refractivity contribution >= 4 is 22.9 Å². The molecule has 0 aliphatic rings. The third kappa shape index (κ3) is 3.44. The van der Waals surface area contributed by atoms with E-state index >= 15 is 0 Å². The Kier molecular flexibility index (Phi) is 5.36. The van der Waals surface area contributed by atoms with Crippen molar-refractivity contribution in [3.8, 4) is 0 Å². The average molecular weight is 330 g/mol. The first-order valence-corrected chi connectivity index (χ1v) is 8.13. The molecule has 5 heteroatoms. The van der Waals surface area contributed by atoms with Crippen molar-refractivity contribution in [2.75, 3.05) is 6.54 Å². The molecule has 0 aliphatic carbocycles. The van der Waals surface area contributed by atoms with Crippen LogP contribution in [0.15, 0.2) is 17.5 Å². The summed E-state index contributed by atoms with van der Waals surface area (Å²) in [5, 5.41) is 5.91. The van der Waals surface area contributed by atoms with Crippen LogP contribution in [0, 0.1) is 25.5 Å². The van der Waals surface area contributed by atoms with Crippen LogP contribution < -0.4 is 5.32 Å². The first kappa shape index (κ1) is 16.4. The number of aryl methyl sites for hydroxylation is 2. The highest BCUT2D eigenvalue weighted by atomic mass is 35.5. The van der Waals surface area contributed by atoms with Gasteiger partial charge >= 0.3 is 0 Å². The van der Waals surface area contributed by atoms with E-state index in [0.717, 1.165) is 29.5 Å². The molecule has 0 spiro atoms. The molecule has 0 fully saturated rings. The SMILES string of the molecule is CCCNC(c1cc(C)c(F)cc1F)c1scc(C)c1Cl. The lowest BCUT2D eigenvalue weighted by Crippen LogP contribution is -2.24. The van der Waals surface area contributed by atoms with Crippen molar-refractivity contribution in [1.29, 1.82) is 0 Å². The van der Waals surface area contributed by atoms with Gasteiger partial charge in [-0.2, -0.15) is 0 Å². The zero-order valence-electron chi connectivity index (χ0n) is 12.3. The summed E-state index contributed by atoms with van der Waals surface area (Å²) < 4.78 is 27.7. The monoisotopic (exact) mass is 329 g/mol. The molecule has 114 valence electrons. The van der Waals surface area contributed by atoms with Crippen LogP contribution in [0.1, 0.15) is 41.0 Å². The van der Waals surface area contributed by atoms with Gasteiger partial charge in [0.05, 0.1) is 11.1 Å². The molecule has 0 bridgehead atoms. The summed E-state index contributed by atoms with van der Waals surface area (Å²) in [6.45, 7) is 6.33. The molecule has 1 N–H and O–H groups in total. The van der Waals surface area contributed by atoms with E-state index in [1.165, 1.54) is 11.3 Å². The summed E-state index contributed by atoms with van der Waals surface area (Å²) in [7, 11) is 0. The van der Waals surface area contributed by atoms with E-state index in [9.17, 15) is 8.78 Å². The van der Waals surface area contributed by atoms with E-state index in [1.54, 1.807) is 13.0 Å². The number of halogens is 3. The van der Waals surface area contributed by atoms with E-state index in [4.69, 9.17) is 11.6 Å². The number of rotatable bonds is 5. The predicted octanol–water partition coefficient (Wildman–Crippen LogP) is 5.39. The fourth-order valence-corrected chi connectivity index (χ4v) is 3.57. The van der Waals surface area contributed by atoms with Crippen LogP contribution in [0.5, 0.6) is 0 Å². The van der Waals surface area contributed by atoms with Crippen LogP contribution in [0.2, 0.25) is 5.02 Å². The normalized spacial score (nSPS) is 12.7. The maximum absolute atomic E-state index is 14.2. The molecule has 2 aromatic rings. The molecule has 0 aliphatic heterocycles. The first-order valence-electron chi connectivity index (χ1n) is 6.88. The Bertz CT molecular complexity index is 639. The first-order chi connectivity index (χ1) is 9.95. The maximum atomic E-state index is 14.2. The van der Waals surface area contributed by atoms with E-state index in [-0.39, 0.29) is 6.04 Å². The van der Waals surface area contributed by atoms with E-state index in [0.29, 0.717) is 16.1 Å². The quantitative estimate of drug-likeness (QED) is 0.776. The van der Waals surface area contributed by atoms with Crippen LogP contribution in [0.3, 0.4) is 0 Å². The molecule has 1 aromatic carbocycles. The number of hydrogen-bond donors (Lipinski definition) is 1. The molecular formula is C16H18ClF2NS. The molecule has 0 saturated heterocycles. The Morgan fingerprint density at radius 2 is 1.90 bits per heavy atom. The molecular weight excluding hydrogens is 312 g/mol. The number of nitrogens with one attached hydrogen (secondary N) is 1. The predicted molar refractivity (Wildman–Crippen MR) is 85.3 cm³/mol. The molecule has 1 aromatic heterocycles. The van der Waals surface area contributed by atoms with Gasteiger partial charge in [0.25, 0.3) is 0 Å². The van der Waals surface area contributed by atoms with Gasteiger partial charge in [-0.05, 0) is 49.4 Å². The van der Waals surface area contributed by atoms with Gasteiger partial charge in [-0.3, -0.25) is 0 Å². The second-order valence-electron chi connectivity index (χ2n) is 5.11. The molecule has 1 nitrogen and oxygen atoms in total. The zero-order valence-corrected chi connectivity index (χ0v) is 13.8. The van der Waals surface area contributed by atoms with Gasteiger partial charge in [-0.25, -0.2) is 8.78 Å². The topological polar surface area (TPSA) is 12.0 Å². The molecule has 1 atom stereocenters. The minimum Gasteiger partial charge on any atom is -0.305 e. The van der Waals surface area contributed by atoms with Gasteiger partial charge < -0.3 is 5.32 Å². The average Bonchev–Trinajstić information content (AvgIpc) is 2.77. The molecule has 0 saturated carbocycles. The van der Waals surface area contributed by atoms with Crippen molar-refractivity contribution in [2.24, 2.45) is 0 Å². The maximum Gasteiger partial charge on any atom is 0.131 e. The van der Waals surface area contributed by atoms with Crippen LogP contribution in [-0.4, -0.2) is 6.54 Å². The van der Waals surface area contributed by atoms with Gasteiger partial charge in [0.2, 0.25) is 0 Å². The zero-order chi connectivity index (χ0) is 15.6. The second kappa shape index (κ2) is 6.86. The molecule has 1 heterocycles. The highest BCUT2D eigenvalue weighted by molar-refractivity contribution is 7.10. The van der Waals surface area contributed by atoms with Crippen molar-refractivity contribution in [2.45, 2.75) is 33.2 Å². The molecule has 21 heavy (non-hydrogen) atoms. The summed E-state index contributed by atoms with van der Waals surface area (Å²) in [5.74, 6) is -1.08. The number of benzene rings is 1. The lowest BCUT2D eigenvalue weighted by atomic mass is 10.0. The lowest BCUT2D eigenvalue weighted by Gasteiger charge is -2.20. The van der Waals surface area contributed by atoms with E-state index < -0.39 is 11.6 Å². The summed E-state index contributed by atoms with van der Waals surface area (Å²) in [6, 6.07) is 2.15. The van der Waals surface area contributed by atoms with Crippen LogP contribution in [0.25, 0.3) is 0 Å². The largest absolute Gasteiger partial charge is 0.305 e. The van der Waals surface area contributed by atoms with E-state index in [2.05, 4.69) is 5.32 Å². The molecule has 0 amide bonds. The van der Waals surface area contributed by atoms with Crippen LogP contribution >= 0.6 is 22.9 Å². The number of hydrogen-bond acceptors (Lipinski definition) is 2. The Morgan fingerprint density at radius 1 is 1.19 bits per heavy atom. The minimum absolute atomic E-state index is 0.351.